The first-order valence-corrected chi connectivity index (χ1v) is 6.24. The predicted octanol–water partition coefficient (Wildman–Crippen LogP) is 2.34. The van der Waals surface area contributed by atoms with Gasteiger partial charge in [-0.05, 0) is 12.1 Å². The van der Waals surface area contributed by atoms with Crippen LogP contribution in [0.25, 0.3) is 11.4 Å². The van der Waals surface area contributed by atoms with E-state index in [2.05, 4.69) is 22.7 Å². The highest BCUT2D eigenvalue weighted by atomic mass is 32.1. The lowest BCUT2D eigenvalue weighted by Gasteiger charge is -1.95. The lowest BCUT2D eigenvalue weighted by Crippen LogP contribution is -1.95. The monoisotopic (exact) mass is 276 g/mol. The van der Waals surface area contributed by atoms with Crippen molar-refractivity contribution in [3.63, 3.8) is 0 Å². The smallest absolute Gasteiger partial charge is 0.258 e. The van der Waals surface area contributed by atoms with Crippen LogP contribution >= 0.6 is 12.6 Å². The number of aromatic nitrogens is 3. The predicted molar refractivity (Wildman–Crippen MR) is 75.1 cm³/mol. The molecule has 7 heteroatoms. The van der Waals surface area contributed by atoms with Crippen LogP contribution in [0, 0.1) is 10.1 Å². The third-order valence-electron chi connectivity index (χ3n) is 2.44. The van der Waals surface area contributed by atoms with Crippen molar-refractivity contribution in [1.29, 1.82) is 0 Å². The number of hydrogen-bond acceptors (Lipinski definition) is 5. The lowest BCUT2D eigenvalue weighted by molar-refractivity contribution is -0.384. The Kier molecular flexibility index (Phi) is 4.30. The van der Waals surface area contributed by atoms with Crippen molar-refractivity contribution < 1.29 is 4.92 Å². The third kappa shape index (κ3) is 3.41. The second kappa shape index (κ2) is 6.14. The van der Waals surface area contributed by atoms with Crippen molar-refractivity contribution in [2.24, 2.45) is 0 Å². The number of nitro benzene ring substituents is 1. The average Bonchev–Trinajstić information content (AvgIpc) is 2.88. The molecule has 0 amide bonds. The largest absolute Gasteiger partial charge is 0.269 e. The summed E-state index contributed by atoms with van der Waals surface area (Å²) >= 11 is 4.07. The number of allylic oxidation sites excluding steroid dienone is 1. The summed E-state index contributed by atoms with van der Waals surface area (Å²) in [5.41, 5.74) is 0.808. The molecular formula is C12H12N4O2S. The van der Waals surface area contributed by atoms with Gasteiger partial charge in [0.2, 0.25) is 0 Å². The first-order valence-electron chi connectivity index (χ1n) is 5.61. The molecule has 0 aliphatic carbocycles. The van der Waals surface area contributed by atoms with Crippen LogP contribution in [-0.4, -0.2) is 25.4 Å². The Labute approximate surface area is 115 Å². The van der Waals surface area contributed by atoms with Gasteiger partial charge >= 0.3 is 0 Å². The molecule has 0 aliphatic heterocycles. The molecule has 0 aliphatic rings. The fraction of sp³-hybridized carbons (Fsp3) is 0.167. The fourth-order valence-electron chi connectivity index (χ4n) is 1.50. The average molecular weight is 276 g/mol. The molecule has 2 aromatic rings. The van der Waals surface area contributed by atoms with Gasteiger partial charge in [0.25, 0.3) is 5.69 Å². The zero-order valence-electron chi connectivity index (χ0n) is 10.0. The highest BCUT2D eigenvalue weighted by Gasteiger charge is 2.07. The number of non-ortho nitro benzene ring substituents is 1. The van der Waals surface area contributed by atoms with E-state index in [0.29, 0.717) is 18.1 Å². The molecule has 6 nitrogen and oxygen atoms in total. The van der Waals surface area contributed by atoms with Gasteiger partial charge in [-0.15, -0.1) is 0 Å². The van der Waals surface area contributed by atoms with Crippen molar-refractivity contribution in [1.82, 2.24) is 14.8 Å². The van der Waals surface area contributed by atoms with E-state index in [4.69, 9.17) is 0 Å². The maximum atomic E-state index is 10.6. The SMILES string of the molecule is O=[N+]([O-])c1ccc(-c2ncn(C/C=C/CS)n2)cc1. The first kappa shape index (κ1) is 13.3. The molecule has 19 heavy (non-hydrogen) atoms. The molecule has 0 saturated heterocycles. The van der Waals surface area contributed by atoms with E-state index < -0.39 is 4.92 Å². The van der Waals surface area contributed by atoms with Crippen LogP contribution < -0.4 is 0 Å². The van der Waals surface area contributed by atoms with Gasteiger partial charge in [0.05, 0.1) is 11.5 Å². The summed E-state index contributed by atoms with van der Waals surface area (Å²) < 4.78 is 1.69. The van der Waals surface area contributed by atoms with E-state index in [-0.39, 0.29) is 5.69 Å². The minimum Gasteiger partial charge on any atom is -0.258 e. The van der Waals surface area contributed by atoms with Gasteiger partial charge in [0.15, 0.2) is 5.82 Å². The molecule has 0 N–H and O–H groups in total. The highest BCUT2D eigenvalue weighted by molar-refractivity contribution is 7.80. The summed E-state index contributed by atoms with van der Waals surface area (Å²) in [4.78, 5) is 14.3. The van der Waals surface area contributed by atoms with Crippen LogP contribution in [0.2, 0.25) is 0 Å². The number of benzene rings is 1. The molecule has 0 unspecified atom stereocenters. The molecular weight excluding hydrogens is 264 g/mol. The number of thiol groups is 1. The van der Waals surface area contributed by atoms with Gasteiger partial charge in [-0.25, -0.2) is 9.67 Å². The lowest BCUT2D eigenvalue weighted by atomic mass is 10.2. The van der Waals surface area contributed by atoms with E-state index >= 15 is 0 Å². The maximum Gasteiger partial charge on any atom is 0.269 e. The zero-order valence-corrected chi connectivity index (χ0v) is 10.9. The topological polar surface area (TPSA) is 73.8 Å². The summed E-state index contributed by atoms with van der Waals surface area (Å²) in [5.74, 6) is 1.23. The van der Waals surface area contributed by atoms with E-state index in [1.54, 1.807) is 23.1 Å². The molecule has 0 spiro atoms. The van der Waals surface area contributed by atoms with Gasteiger partial charge in [-0.3, -0.25) is 10.1 Å². The van der Waals surface area contributed by atoms with E-state index in [9.17, 15) is 10.1 Å². The zero-order chi connectivity index (χ0) is 13.7. The van der Waals surface area contributed by atoms with Crippen LogP contribution in [0.4, 0.5) is 5.69 Å². The highest BCUT2D eigenvalue weighted by Crippen LogP contribution is 2.18. The molecule has 1 heterocycles. The third-order valence-corrected chi connectivity index (χ3v) is 2.65. The minimum atomic E-state index is -0.432. The summed E-state index contributed by atoms with van der Waals surface area (Å²) in [7, 11) is 0. The van der Waals surface area contributed by atoms with Crippen molar-refractivity contribution in [3.8, 4) is 11.4 Å². The van der Waals surface area contributed by atoms with Crippen molar-refractivity contribution >= 4 is 18.3 Å². The summed E-state index contributed by atoms with van der Waals surface area (Å²) in [6, 6.07) is 6.16. The Balaban J connectivity index is 2.13. The van der Waals surface area contributed by atoms with Gasteiger partial charge in [-0.1, -0.05) is 12.2 Å². The summed E-state index contributed by atoms with van der Waals surface area (Å²) in [6.45, 7) is 0.626. The second-order valence-electron chi connectivity index (χ2n) is 3.75. The van der Waals surface area contributed by atoms with E-state index in [0.717, 1.165) is 5.56 Å². The molecule has 0 fully saturated rings. The van der Waals surface area contributed by atoms with Crippen LogP contribution in [0.1, 0.15) is 0 Å². The molecule has 2 rings (SSSR count). The van der Waals surface area contributed by atoms with Crippen LogP contribution in [0.5, 0.6) is 0 Å². The summed E-state index contributed by atoms with van der Waals surface area (Å²) in [6.07, 6.45) is 5.50. The molecule has 0 saturated carbocycles. The summed E-state index contributed by atoms with van der Waals surface area (Å²) in [5, 5.41) is 14.8. The normalized spacial score (nSPS) is 11.0. The number of nitrogens with zero attached hydrogens (tertiary/aromatic N) is 4. The Bertz CT molecular complexity index is 592. The quantitative estimate of drug-likeness (QED) is 0.394. The van der Waals surface area contributed by atoms with Crippen molar-refractivity contribution in [2.75, 3.05) is 5.75 Å². The van der Waals surface area contributed by atoms with Crippen molar-refractivity contribution in [3.05, 3.63) is 52.9 Å². The Morgan fingerprint density at radius 2 is 2.05 bits per heavy atom. The number of nitro groups is 1. The molecule has 0 bridgehead atoms. The standard InChI is InChI=1S/C12H12N4O2S/c17-16(18)11-5-3-10(4-6-11)12-13-9-15(14-12)7-1-2-8-19/h1-6,9,19H,7-8H2/b2-1+. The van der Waals surface area contributed by atoms with Gasteiger partial charge in [-0.2, -0.15) is 17.7 Å². The van der Waals surface area contributed by atoms with Gasteiger partial charge < -0.3 is 0 Å². The fourth-order valence-corrected chi connectivity index (χ4v) is 1.65. The molecule has 0 atom stereocenters. The van der Waals surface area contributed by atoms with E-state index in [1.807, 2.05) is 12.2 Å². The number of rotatable bonds is 5. The first-order chi connectivity index (χ1) is 9.20. The van der Waals surface area contributed by atoms with Gasteiger partial charge in [0.1, 0.15) is 6.33 Å². The molecule has 98 valence electrons. The molecule has 1 aromatic heterocycles. The van der Waals surface area contributed by atoms with E-state index in [1.165, 1.54) is 12.1 Å². The van der Waals surface area contributed by atoms with Gasteiger partial charge in [0, 0.05) is 23.4 Å². The van der Waals surface area contributed by atoms with Crippen LogP contribution in [-0.2, 0) is 6.54 Å². The van der Waals surface area contributed by atoms with Crippen LogP contribution in [0.15, 0.2) is 42.7 Å². The minimum absolute atomic E-state index is 0.0555. The van der Waals surface area contributed by atoms with Crippen molar-refractivity contribution in [2.45, 2.75) is 6.54 Å². The Hall–Kier alpha value is -2.15. The maximum absolute atomic E-state index is 10.6. The van der Waals surface area contributed by atoms with Crippen LogP contribution in [0.3, 0.4) is 0 Å². The Morgan fingerprint density at radius 3 is 2.68 bits per heavy atom. The molecule has 1 aromatic carbocycles. The molecule has 0 radical (unpaired) electrons. The number of hydrogen-bond donors (Lipinski definition) is 1. The second-order valence-corrected chi connectivity index (χ2v) is 4.11. The Morgan fingerprint density at radius 1 is 1.32 bits per heavy atom.